The lowest BCUT2D eigenvalue weighted by molar-refractivity contribution is -0.134. The van der Waals surface area contributed by atoms with Crippen LogP contribution in [0.15, 0.2) is 53.7 Å². The second kappa shape index (κ2) is 8.18. The molecule has 1 aliphatic heterocycles. The van der Waals surface area contributed by atoms with Crippen molar-refractivity contribution in [2.24, 2.45) is 5.16 Å². The van der Waals surface area contributed by atoms with Crippen molar-refractivity contribution in [1.29, 1.82) is 0 Å². The van der Waals surface area contributed by atoms with E-state index < -0.39 is 29.8 Å². The molecule has 2 aromatic rings. The lowest BCUT2D eigenvalue weighted by atomic mass is 10.0. The Morgan fingerprint density at radius 2 is 1.85 bits per heavy atom. The van der Waals surface area contributed by atoms with E-state index in [0.29, 0.717) is 22.8 Å². The zero-order valence-corrected chi connectivity index (χ0v) is 15.2. The van der Waals surface area contributed by atoms with Crippen molar-refractivity contribution < 1.29 is 18.8 Å². The minimum Gasteiger partial charge on any atom is -0.382 e. The number of rotatable bonds is 5. The Bertz CT molecular complexity index is 869. The smallest absolute Gasteiger partial charge is 0.264 e. The topological polar surface area (TPSA) is 79.8 Å². The highest BCUT2D eigenvalue weighted by Crippen LogP contribution is 2.19. The number of hydrogen-bond donors (Lipinski definition) is 2. The molecule has 0 bridgehead atoms. The Morgan fingerprint density at radius 1 is 1.19 bits per heavy atom. The van der Waals surface area contributed by atoms with E-state index in [2.05, 4.69) is 15.8 Å². The molecule has 0 saturated heterocycles. The molecule has 2 atom stereocenters. The van der Waals surface area contributed by atoms with Crippen LogP contribution in [0.3, 0.4) is 0 Å². The third kappa shape index (κ3) is 4.83. The highest BCUT2D eigenvalue weighted by Gasteiger charge is 2.30. The standard InChI is InChI=1S/C19H17ClFN3O3/c1-11(18(25)23-15-8-6-14(21)7-9-15)22-19(26)17-10-16(24-27-17)12-2-4-13(20)5-3-12/h2-9,11,17H,10H2,1H3,(H,22,26)(H,23,25)/t11-,17-/m0/s1. The number of nitrogens with zero attached hydrogens (tertiary/aromatic N) is 1. The maximum atomic E-state index is 12.9. The first kappa shape index (κ1) is 18.8. The van der Waals surface area contributed by atoms with Gasteiger partial charge in [0.15, 0.2) is 0 Å². The SMILES string of the molecule is C[C@H](NC(=O)[C@@H]1CC(c2ccc(Cl)cc2)=NO1)C(=O)Nc1ccc(F)cc1. The van der Waals surface area contributed by atoms with Crippen LogP contribution < -0.4 is 10.6 Å². The van der Waals surface area contributed by atoms with Gasteiger partial charge >= 0.3 is 0 Å². The molecule has 27 heavy (non-hydrogen) atoms. The van der Waals surface area contributed by atoms with Crippen LogP contribution in [-0.4, -0.2) is 29.7 Å². The fourth-order valence-electron chi connectivity index (χ4n) is 2.49. The maximum absolute atomic E-state index is 12.9. The largest absolute Gasteiger partial charge is 0.382 e. The summed E-state index contributed by atoms with van der Waals surface area (Å²) in [5.74, 6) is -1.26. The molecule has 0 radical (unpaired) electrons. The highest BCUT2D eigenvalue weighted by molar-refractivity contribution is 6.30. The third-order valence-corrected chi connectivity index (χ3v) is 4.25. The van der Waals surface area contributed by atoms with Gasteiger partial charge in [-0.2, -0.15) is 0 Å². The fraction of sp³-hybridized carbons (Fsp3) is 0.211. The van der Waals surface area contributed by atoms with Gasteiger partial charge in [-0.05, 0) is 48.9 Å². The van der Waals surface area contributed by atoms with Crippen molar-refractivity contribution >= 4 is 34.8 Å². The normalized spacial score (nSPS) is 16.9. The van der Waals surface area contributed by atoms with Gasteiger partial charge in [-0.3, -0.25) is 9.59 Å². The van der Waals surface area contributed by atoms with Crippen LogP contribution in [0.4, 0.5) is 10.1 Å². The second-order valence-corrected chi connectivity index (χ2v) is 6.51. The van der Waals surface area contributed by atoms with E-state index in [1.54, 1.807) is 31.2 Å². The molecular weight excluding hydrogens is 373 g/mol. The van der Waals surface area contributed by atoms with Gasteiger partial charge < -0.3 is 15.5 Å². The van der Waals surface area contributed by atoms with Crippen molar-refractivity contribution in [1.82, 2.24) is 5.32 Å². The number of oxime groups is 1. The number of hydrogen-bond acceptors (Lipinski definition) is 4. The second-order valence-electron chi connectivity index (χ2n) is 6.07. The van der Waals surface area contributed by atoms with E-state index in [9.17, 15) is 14.0 Å². The van der Waals surface area contributed by atoms with Crippen molar-refractivity contribution in [2.45, 2.75) is 25.5 Å². The summed E-state index contributed by atoms with van der Waals surface area (Å²) in [4.78, 5) is 29.7. The number of carbonyl (C=O) groups is 2. The Labute approximate surface area is 160 Å². The number of nitrogens with one attached hydrogen (secondary N) is 2. The number of halogens is 2. The summed E-state index contributed by atoms with van der Waals surface area (Å²) in [6.07, 6.45) is -0.517. The Morgan fingerprint density at radius 3 is 2.52 bits per heavy atom. The van der Waals surface area contributed by atoms with E-state index in [4.69, 9.17) is 16.4 Å². The number of benzene rings is 2. The van der Waals surface area contributed by atoms with Gasteiger partial charge in [0.2, 0.25) is 12.0 Å². The number of anilines is 1. The van der Waals surface area contributed by atoms with Crippen LogP contribution in [0.1, 0.15) is 18.9 Å². The van der Waals surface area contributed by atoms with Gasteiger partial charge in [-0.25, -0.2) is 4.39 Å². The number of amides is 2. The Kier molecular flexibility index (Phi) is 5.71. The predicted molar refractivity (Wildman–Crippen MR) is 100 cm³/mol. The molecule has 2 N–H and O–H groups in total. The molecule has 2 amide bonds. The lowest BCUT2D eigenvalue weighted by Gasteiger charge is -2.16. The lowest BCUT2D eigenvalue weighted by Crippen LogP contribution is -2.46. The average molecular weight is 390 g/mol. The average Bonchev–Trinajstić information content (AvgIpc) is 3.14. The molecular formula is C19H17ClFN3O3. The predicted octanol–water partition coefficient (Wildman–Crippen LogP) is 3.12. The van der Waals surface area contributed by atoms with Crippen LogP contribution in [0.25, 0.3) is 0 Å². The Hall–Kier alpha value is -2.93. The number of carbonyl (C=O) groups excluding carboxylic acids is 2. The van der Waals surface area contributed by atoms with Gasteiger partial charge in [0, 0.05) is 17.1 Å². The maximum Gasteiger partial charge on any atom is 0.264 e. The van der Waals surface area contributed by atoms with Gasteiger partial charge in [-0.1, -0.05) is 28.9 Å². The van der Waals surface area contributed by atoms with Gasteiger partial charge in [0.1, 0.15) is 11.9 Å². The molecule has 1 heterocycles. The zero-order chi connectivity index (χ0) is 19.4. The van der Waals surface area contributed by atoms with Crippen molar-refractivity contribution in [3.63, 3.8) is 0 Å². The van der Waals surface area contributed by atoms with Crippen molar-refractivity contribution in [2.75, 3.05) is 5.32 Å². The monoisotopic (exact) mass is 389 g/mol. The highest BCUT2D eigenvalue weighted by atomic mass is 35.5. The summed E-state index contributed by atoms with van der Waals surface area (Å²) in [5.41, 5.74) is 1.89. The molecule has 2 aromatic carbocycles. The molecule has 0 aromatic heterocycles. The molecule has 140 valence electrons. The molecule has 0 saturated carbocycles. The molecule has 3 rings (SSSR count). The fourth-order valence-corrected chi connectivity index (χ4v) is 2.61. The summed E-state index contributed by atoms with van der Waals surface area (Å²) in [6, 6.07) is 11.6. The van der Waals surface area contributed by atoms with Crippen LogP contribution in [0.5, 0.6) is 0 Å². The van der Waals surface area contributed by atoms with Crippen LogP contribution >= 0.6 is 11.6 Å². The van der Waals surface area contributed by atoms with Crippen LogP contribution in [0, 0.1) is 5.82 Å². The van der Waals surface area contributed by atoms with E-state index in [1.807, 2.05) is 0 Å². The third-order valence-electron chi connectivity index (χ3n) is 4.00. The van der Waals surface area contributed by atoms with Crippen molar-refractivity contribution in [3.8, 4) is 0 Å². The summed E-state index contributed by atoms with van der Waals surface area (Å²) in [7, 11) is 0. The van der Waals surface area contributed by atoms with E-state index in [-0.39, 0.29) is 0 Å². The first-order valence-corrected chi connectivity index (χ1v) is 8.65. The summed E-state index contributed by atoms with van der Waals surface area (Å²) in [5, 5.41) is 9.74. The first-order chi connectivity index (χ1) is 12.9. The van der Waals surface area contributed by atoms with Gasteiger partial charge in [-0.15, -0.1) is 0 Å². The van der Waals surface area contributed by atoms with Gasteiger partial charge in [0.05, 0.1) is 5.71 Å². The summed E-state index contributed by atoms with van der Waals surface area (Å²) >= 11 is 5.86. The van der Waals surface area contributed by atoms with Gasteiger partial charge in [0.25, 0.3) is 5.91 Å². The first-order valence-electron chi connectivity index (χ1n) is 8.28. The van der Waals surface area contributed by atoms with Crippen LogP contribution in [-0.2, 0) is 14.4 Å². The molecule has 6 nitrogen and oxygen atoms in total. The molecule has 0 fully saturated rings. The minimum absolute atomic E-state index is 0.291. The van der Waals surface area contributed by atoms with Crippen LogP contribution in [0.2, 0.25) is 5.02 Å². The molecule has 0 unspecified atom stereocenters. The molecule has 1 aliphatic rings. The zero-order valence-electron chi connectivity index (χ0n) is 14.4. The van der Waals surface area contributed by atoms with E-state index in [1.165, 1.54) is 24.3 Å². The summed E-state index contributed by atoms with van der Waals surface area (Å²) < 4.78 is 12.9. The molecule has 0 aliphatic carbocycles. The quantitative estimate of drug-likeness (QED) is 0.824. The summed E-state index contributed by atoms with van der Waals surface area (Å²) in [6.45, 7) is 1.55. The van der Waals surface area contributed by atoms with Crippen molar-refractivity contribution in [3.05, 3.63) is 64.9 Å². The minimum atomic E-state index is -0.809. The van der Waals surface area contributed by atoms with E-state index >= 15 is 0 Å². The molecule has 0 spiro atoms. The van der Waals surface area contributed by atoms with E-state index in [0.717, 1.165) is 5.56 Å². The molecule has 8 heteroatoms. The Balaban J connectivity index is 1.52.